The van der Waals surface area contributed by atoms with E-state index in [0.29, 0.717) is 13.1 Å². The zero-order valence-corrected chi connectivity index (χ0v) is 9.96. The molecule has 0 saturated carbocycles. The van der Waals surface area contributed by atoms with Gasteiger partial charge in [-0.3, -0.25) is 4.79 Å². The molecule has 90 valence electrons. The monoisotopic (exact) mass is 232 g/mol. The van der Waals surface area contributed by atoms with Gasteiger partial charge in [-0.2, -0.15) is 0 Å². The summed E-state index contributed by atoms with van der Waals surface area (Å²) in [4.78, 5) is 23.9. The lowest BCUT2D eigenvalue weighted by molar-refractivity contribution is -0.126. The molecule has 1 saturated heterocycles. The zero-order valence-electron chi connectivity index (χ0n) is 9.96. The third-order valence-corrected chi connectivity index (χ3v) is 2.83. The van der Waals surface area contributed by atoms with Crippen LogP contribution in [0.4, 0.5) is 5.95 Å². The first kappa shape index (κ1) is 11.6. The molecule has 0 radical (unpaired) electrons. The Kier molecular flexibility index (Phi) is 3.37. The van der Waals surface area contributed by atoms with E-state index >= 15 is 0 Å². The van der Waals surface area contributed by atoms with E-state index < -0.39 is 0 Å². The van der Waals surface area contributed by atoms with Crippen LogP contribution in [0, 0.1) is 6.92 Å². The van der Waals surface area contributed by atoms with Crippen LogP contribution in [-0.4, -0.2) is 47.0 Å². The van der Waals surface area contributed by atoms with Gasteiger partial charge in [-0.05, 0) is 19.1 Å². The maximum atomic E-state index is 11.4. The molecule has 0 atom stereocenters. The normalized spacial score (nSPS) is 15.8. The summed E-state index contributed by atoms with van der Waals surface area (Å²) in [5.41, 5.74) is 0.958. The number of anilines is 1. The Morgan fingerprint density at radius 1 is 1.41 bits per heavy atom. The predicted molar refractivity (Wildman–Crippen MR) is 65.8 cm³/mol. The second-order valence-corrected chi connectivity index (χ2v) is 4.01. The molecule has 1 aliphatic heterocycles. The van der Waals surface area contributed by atoms with E-state index in [2.05, 4.69) is 21.4 Å². The molecule has 0 spiro atoms. The molecule has 0 aliphatic carbocycles. The third kappa shape index (κ3) is 2.61. The average molecular weight is 232 g/mol. The van der Waals surface area contributed by atoms with Crippen LogP contribution >= 0.6 is 0 Å². The minimum Gasteiger partial charge on any atom is -0.337 e. The Morgan fingerprint density at radius 3 is 2.71 bits per heavy atom. The Hall–Kier alpha value is -1.91. The predicted octanol–water partition coefficient (Wildman–Crippen LogP) is 0.620. The van der Waals surface area contributed by atoms with Crippen LogP contribution in [0.1, 0.15) is 5.69 Å². The van der Waals surface area contributed by atoms with E-state index in [1.54, 1.807) is 11.1 Å². The van der Waals surface area contributed by atoms with Crippen molar-refractivity contribution in [2.75, 3.05) is 31.1 Å². The van der Waals surface area contributed by atoms with Gasteiger partial charge >= 0.3 is 0 Å². The minimum absolute atomic E-state index is 0.00480. The Balaban J connectivity index is 1.99. The van der Waals surface area contributed by atoms with Crippen LogP contribution in [-0.2, 0) is 4.79 Å². The quantitative estimate of drug-likeness (QED) is 0.701. The highest BCUT2D eigenvalue weighted by Crippen LogP contribution is 2.11. The van der Waals surface area contributed by atoms with Gasteiger partial charge in [0.1, 0.15) is 0 Å². The van der Waals surface area contributed by atoms with Gasteiger partial charge in [0.15, 0.2) is 0 Å². The fourth-order valence-corrected chi connectivity index (χ4v) is 1.84. The number of aryl methyl sites for hydroxylation is 1. The van der Waals surface area contributed by atoms with Crippen molar-refractivity contribution in [3.63, 3.8) is 0 Å². The molecule has 0 aromatic carbocycles. The molecule has 2 heterocycles. The number of hydrogen-bond donors (Lipinski definition) is 0. The van der Waals surface area contributed by atoms with Crippen molar-refractivity contribution in [1.82, 2.24) is 14.9 Å². The number of carbonyl (C=O) groups excluding carboxylic acids is 1. The second kappa shape index (κ2) is 4.95. The zero-order chi connectivity index (χ0) is 12.3. The fraction of sp³-hybridized carbons (Fsp3) is 0.417. The molecule has 1 aromatic rings. The molecule has 0 N–H and O–H groups in total. The van der Waals surface area contributed by atoms with Gasteiger partial charge in [0.25, 0.3) is 0 Å². The molecular formula is C12H16N4O. The van der Waals surface area contributed by atoms with Crippen molar-refractivity contribution in [1.29, 1.82) is 0 Å². The summed E-state index contributed by atoms with van der Waals surface area (Å²) < 4.78 is 0. The highest BCUT2D eigenvalue weighted by atomic mass is 16.2. The van der Waals surface area contributed by atoms with Crippen LogP contribution in [0.15, 0.2) is 24.9 Å². The molecule has 1 fully saturated rings. The van der Waals surface area contributed by atoms with E-state index in [0.717, 1.165) is 24.7 Å². The van der Waals surface area contributed by atoms with E-state index in [1.807, 2.05) is 13.0 Å². The fourth-order valence-electron chi connectivity index (χ4n) is 1.84. The first-order valence-corrected chi connectivity index (χ1v) is 5.66. The second-order valence-electron chi connectivity index (χ2n) is 4.01. The Morgan fingerprint density at radius 2 is 2.12 bits per heavy atom. The summed E-state index contributed by atoms with van der Waals surface area (Å²) in [6, 6.07) is 1.88. The Bertz CT molecular complexity index is 424. The largest absolute Gasteiger partial charge is 0.337 e. The van der Waals surface area contributed by atoms with Crippen molar-refractivity contribution in [3.8, 4) is 0 Å². The first-order valence-electron chi connectivity index (χ1n) is 5.66. The number of nitrogens with zero attached hydrogens (tertiary/aromatic N) is 4. The van der Waals surface area contributed by atoms with Gasteiger partial charge in [0.05, 0.1) is 0 Å². The molecule has 0 unspecified atom stereocenters. The maximum Gasteiger partial charge on any atom is 0.246 e. The lowest BCUT2D eigenvalue weighted by atomic mass is 10.3. The summed E-state index contributed by atoms with van der Waals surface area (Å²) in [5, 5.41) is 0. The van der Waals surface area contributed by atoms with Crippen LogP contribution in [0.3, 0.4) is 0 Å². The van der Waals surface area contributed by atoms with E-state index in [9.17, 15) is 4.79 Å². The SMILES string of the molecule is C=CC(=O)N1CCN(c2nccc(C)n2)CC1. The van der Waals surface area contributed by atoms with Gasteiger partial charge in [0.2, 0.25) is 11.9 Å². The number of aromatic nitrogens is 2. The molecule has 5 nitrogen and oxygen atoms in total. The van der Waals surface area contributed by atoms with Gasteiger partial charge < -0.3 is 9.80 Å². The van der Waals surface area contributed by atoms with Crippen molar-refractivity contribution >= 4 is 11.9 Å². The molecule has 5 heteroatoms. The van der Waals surface area contributed by atoms with Crippen LogP contribution in [0.25, 0.3) is 0 Å². The number of amides is 1. The van der Waals surface area contributed by atoms with Crippen molar-refractivity contribution in [2.45, 2.75) is 6.92 Å². The van der Waals surface area contributed by atoms with Crippen molar-refractivity contribution in [3.05, 3.63) is 30.6 Å². The van der Waals surface area contributed by atoms with Crippen molar-refractivity contribution in [2.24, 2.45) is 0 Å². The smallest absolute Gasteiger partial charge is 0.246 e. The molecule has 1 aliphatic rings. The molecule has 1 aromatic heterocycles. The van der Waals surface area contributed by atoms with E-state index in [4.69, 9.17) is 0 Å². The van der Waals surface area contributed by atoms with E-state index in [-0.39, 0.29) is 5.91 Å². The van der Waals surface area contributed by atoms with Crippen LogP contribution < -0.4 is 4.90 Å². The standard InChI is InChI=1S/C12H16N4O/c1-3-11(17)15-6-8-16(9-7-15)12-13-5-4-10(2)14-12/h3-5H,1,6-9H2,2H3. The molecule has 0 bridgehead atoms. The number of piperazine rings is 1. The Labute approximate surface area is 101 Å². The highest BCUT2D eigenvalue weighted by molar-refractivity contribution is 5.87. The number of carbonyl (C=O) groups is 1. The van der Waals surface area contributed by atoms with Crippen LogP contribution in [0.2, 0.25) is 0 Å². The topological polar surface area (TPSA) is 49.3 Å². The number of hydrogen-bond acceptors (Lipinski definition) is 4. The van der Waals surface area contributed by atoms with Gasteiger partial charge in [0, 0.05) is 38.1 Å². The number of rotatable bonds is 2. The van der Waals surface area contributed by atoms with E-state index in [1.165, 1.54) is 6.08 Å². The summed E-state index contributed by atoms with van der Waals surface area (Å²) >= 11 is 0. The molecule has 1 amide bonds. The van der Waals surface area contributed by atoms with Gasteiger partial charge in [-0.1, -0.05) is 6.58 Å². The van der Waals surface area contributed by atoms with Gasteiger partial charge in [-0.25, -0.2) is 9.97 Å². The third-order valence-electron chi connectivity index (χ3n) is 2.83. The first-order chi connectivity index (χ1) is 8.20. The highest BCUT2D eigenvalue weighted by Gasteiger charge is 2.20. The minimum atomic E-state index is -0.00480. The van der Waals surface area contributed by atoms with Crippen LogP contribution in [0.5, 0.6) is 0 Å². The summed E-state index contributed by atoms with van der Waals surface area (Å²) in [7, 11) is 0. The summed E-state index contributed by atoms with van der Waals surface area (Å²) in [6.07, 6.45) is 3.12. The maximum absolute atomic E-state index is 11.4. The molecular weight excluding hydrogens is 216 g/mol. The lowest BCUT2D eigenvalue weighted by Gasteiger charge is -2.34. The van der Waals surface area contributed by atoms with Gasteiger partial charge in [-0.15, -0.1) is 0 Å². The molecule has 2 rings (SSSR count). The summed E-state index contributed by atoms with van der Waals surface area (Å²) in [5.74, 6) is 0.741. The van der Waals surface area contributed by atoms with Crippen molar-refractivity contribution < 1.29 is 4.79 Å². The summed E-state index contributed by atoms with van der Waals surface area (Å²) in [6.45, 7) is 8.37. The lowest BCUT2D eigenvalue weighted by Crippen LogP contribution is -2.48. The molecule has 17 heavy (non-hydrogen) atoms. The average Bonchev–Trinajstić information content (AvgIpc) is 2.38.